The Hall–Kier alpha value is -2.76. The van der Waals surface area contributed by atoms with Gasteiger partial charge < -0.3 is 5.32 Å². The maximum Gasteiger partial charge on any atom is 0.293 e. The van der Waals surface area contributed by atoms with Gasteiger partial charge in [-0.05, 0) is 18.6 Å². The molecule has 2 rings (SSSR count). The van der Waals surface area contributed by atoms with E-state index in [9.17, 15) is 14.9 Å². The molecule has 0 aliphatic heterocycles. The van der Waals surface area contributed by atoms with Crippen molar-refractivity contribution in [1.82, 2.24) is 0 Å². The predicted molar refractivity (Wildman–Crippen MR) is 77.8 cm³/mol. The van der Waals surface area contributed by atoms with Gasteiger partial charge in [0, 0.05) is 36.9 Å². The van der Waals surface area contributed by atoms with Crippen LogP contribution in [0.2, 0.25) is 0 Å². The van der Waals surface area contributed by atoms with Gasteiger partial charge in [-0.25, -0.2) is 0 Å². The Bertz CT molecular complexity index is 671. The fourth-order valence-electron chi connectivity index (χ4n) is 1.94. The molecule has 0 unspecified atom stereocenters. The number of nitrogens with zero attached hydrogens (tertiary/aromatic N) is 2. The maximum absolute atomic E-state index is 12.2. The molecule has 0 saturated heterocycles. The molecule has 0 spiro atoms. The largest absolute Gasteiger partial charge is 0.320 e. The molecule has 1 heterocycles. The smallest absolute Gasteiger partial charge is 0.293 e. The number of aryl methyl sites for hydroxylation is 1. The average molecular weight is 286 g/mol. The Morgan fingerprint density at radius 3 is 2.52 bits per heavy atom. The summed E-state index contributed by atoms with van der Waals surface area (Å²) in [6, 6.07) is 9.57. The minimum atomic E-state index is -0.457. The molecule has 1 aromatic carbocycles. The number of pyridine rings is 1. The third-order valence-electron chi connectivity index (χ3n) is 3.24. The first-order valence-electron chi connectivity index (χ1n) is 6.50. The van der Waals surface area contributed by atoms with Crippen molar-refractivity contribution in [2.24, 2.45) is 0 Å². The molecule has 1 amide bonds. The first-order chi connectivity index (χ1) is 9.99. The van der Waals surface area contributed by atoms with Crippen molar-refractivity contribution in [2.75, 3.05) is 5.32 Å². The normalized spacial score (nSPS) is 11.7. The van der Waals surface area contributed by atoms with Crippen LogP contribution < -0.4 is 9.88 Å². The van der Waals surface area contributed by atoms with Gasteiger partial charge in [-0.3, -0.25) is 14.9 Å². The Morgan fingerprint density at radius 1 is 1.29 bits per heavy atom. The molecule has 6 heteroatoms. The molecule has 1 atom stereocenters. The van der Waals surface area contributed by atoms with E-state index in [0.29, 0.717) is 11.3 Å². The molecule has 0 aliphatic rings. The number of nitrogens with one attached hydrogen (secondary N) is 1. The predicted octanol–water partition coefficient (Wildman–Crippen LogP) is 2.39. The first kappa shape index (κ1) is 14.6. The maximum atomic E-state index is 12.2. The van der Waals surface area contributed by atoms with Crippen LogP contribution in [-0.2, 0) is 4.79 Å². The molecule has 1 aromatic heterocycles. The van der Waals surface area contributed by atoms with Gasteiger partial charge in [0.05, 0.1) is 4.92 Å². The molecule has 1 N–H and O–H groups in total. The van der Waals surface area contributed by atoms with Gasteiger partial charge in [0.1, 0.15) is 0 Å². The van der Waals surface area contributed by atoms with E-state index in [-0.39, 0.29) is 17.6 Å². The minimum absolute atomic E-state index is 0.0102. The lowest BCUT2D eigenvalue weighted by Crippen LogP contribution is -2.43. The fraction of sp³-hybridized carbons (Fsp3) is 0.200. The molecule has 108 valence electrons. The third kappa shape index (κ3) is 3.42. The van der Waals surface area contributed by atoms with Crippen LogP contribution in [0.1, 0.15) is 18.5 Å². The van der Waals surface area contributed by atoms with Gasteiger partial charge in [-0.2, -0.15) is 4.57 Å². The lowest BCUT2D eigenvalue weighted by atomic mass is 10.1. The number of hydrogen-bond donors (Lipinski definition) is 1. The van der Waals surface area contributed by atoms with E-state index < -0.39 is 4.92 Å². The van der Waals surface area contributed by atoms with Crippen LogP contribution in [0.15, 0.2) is 48.8 Å². The summed E-state index contributed by atoms with van der Waals surface area (Å²) in [5, 5.41) is 13.5. The van der Waals surface area contributed by atoms with Crippen LogP contribution in [0.3, 0.4) is 0 Å². The number of anilines is 1. The number of hydrogen-bond acceptors (Lipinski definition) is 3. The van der Waals surface area contributed by atoms with E-state index in [1.54, 1.807) is 24.5 Å². The summed E-state index contributed by atoms with van der Waals surface area (Å²) in [6.45, 7) is 3.51. The quantitative estimate of drug-likeness (QED) is 0.532. The second-order valence-corrected chi connectivity index (χ2v) is 4.74. The molecule has 0 fully saturated rings. The highest BCUT2D eigenvalue weighted by Gasteiger charge is 2.22. The highest BCUT2D eigenvalue weighted by atomic mass is 16.6. The lowest BCUT2D eigenvalue weighted by Gasteiger charge is -2.10. The van der Waals surface area contributed by atoms with Crippen molar-refractivity contribution in [2.45, 2.75) is 19.9 Å². The van der Waals surface area contributed by atoms with Crippen LogP contribution in [0.4, 0.5) is 11.4 Å². The van der Waals surface area contributed by atoms with Gasteiger partial charge in [0.2, 0.25) is 6.04 Å². The van der Waals surface area contributed by atoms with E-state index in [4.69, 9.17) is 0 Å². The summed E-state index contributed by atoms with van der Waals surface area (Å²) in [6.07, 6.45) is 3.62. The molecular formula is C15H16N3O3+. The van der Waals surface area contributed by atoms with Gasteiger partial charge in [-0.1, -0.05) is 6.07 Å². The van der Waals surface area contributed by atoms with E-state index in [2.05, 4.69) is 5.32 Å². The molecule has 21 heavy (non-hydrogen) atoms. The number of amides is 1. The van der Waals surface area contributed by atoms with Crippen LogP contribution in [0.25, 0.3) is 0 Å². The molecule has 0 radical (unpaired) electrons. The zero-order valence-corrected chi connectivity index (χ0v) is 11.8. The van der Waals surface area contributed by atoms with E-state index >= 15 is 0 Å². The number of carbonyl (C=O) groups is 1. The van der Waals surface area contributed by atoms with Gasteiger partial charge in [0.25, 0.3) is 11.6 Å². The SMILES string of the molecule is Cc1cc([N+](=O)[O-])ccc1NC(=O)[C@H](C)[n+]1ccccc1. The first-order valence-corrected chi connectivity index (χ1v) is 6.50. The van der Waals surface area contributed by atoms with Crippen molar-refractivity contribution in [3.8, 4) is 0 Å². The van der Waals surface area contributed by atoms with Crippen LogP contribution >= 0.6 is 0 Å². The number of benzene rings is 1. The number of rotatable bonds is 4. The van der Waals surface area contributed by atoms with Crippen LogP contribution in [-0.4, -0.2) is 10.8 Å². The number of non-ortho nitro benzene ring substituents is 1. The topological polar surface area (TPSA) is 76.1 Å². The lowest BCUT2D eigenvalue weighted by molar-refractivity contribution is -0.705. The summed E-state index contributed by atoms with van der Waals surface area (Å²) in [4.78, 5) is 22.5. The Balaban J connectivity index is 2.15. The van der Waals surface area contributed by atoms with Gasteiger partial charge in [-0.15, -0.1) is 0 Å². The van der Waals surface area contributed by atoms with Crippen LogP contribution in [0.5, 0.6) is 0 Å². The fourth-order valence-corrected chi connectivity index (χ4v) is 1.94. The van der Waals surface area contributed by atoms with Crippen LogP contribution in [0, 0.1) is 17.0 Å². The average Bonchev–Trinajstić information content (AvgIpc) is 2.49. The molecule has 0 aliphatic carbocycles. The third-order valence-corrected chi connectivity index (χ3v) is 3.24. The second kappa shape index (κ2) is 6.13. The minimum Gasteiger partial charge on any atom is -0.320 e. The number of nitro benzene ring substituents is 1. The molecule has 6 nitrogen and oxygen atoms in total. The van der Waals surface area contributed by atoms with E-state index in [1.165, 1.54) is 12.1 Å². The summed E-state index contributed by atoms with van der Waals surface area (Å²) in [5.74, 6) is -0.178. The molecule has 0 bridgehead atoms. The van der Waals surface area contributed by atoms with Crippen molar-refractivity contribution < 1.29 is 14.3 Å². The summed E-state index contributed by atoms with van der Waals surface area (Å²) in [5.41, 5.74) is 1.24. The second-order valence-electron chi connectivity index (χ2n) is 4.74. The molecule has 0 saturated carbocycles. The Morgan fingerprint density at radius 2 is 1.95 bits per heavy atom. The summed E-state index contributed by atoms with van der Waals surface area (Å²) < 4.78 is 1.79. The van der Waals surface area contributed by atoms with Crippen molar-refractivity contribution >= 4 is 17.3 Å². The number of carbonyl (C=O) groups excluding carboxylic acids is 1. The monoisotopic (exact) mass is 286 g/mol. The molecule has 2 aromatic rings. The van der Waals surface area contributed by atoms with Gasteiger partial charge >= 0.3 is 0 Å². The van der Waals surface area contributed by atoms with Gasteiger partial charge in [0.15, 0.2) is 12.4 Å². The van der Waals surface area contributed by atoms with E-state index in [0.717, 1.165) is 0 Å². The van der Waals surface area contributed by atoms with Crippen molar-refractivity contribution in [3.05, 3.63) is 64.5 Å². The Labute approximate surface area is 122 Å². The zero-order valence-electron chi connectivity index (χ0n) is 11.8. The Kier molecular flexibility index (Phi) is 4.27. The van der Waals surface area contributed by atoms with Crippen molar-refractivity contribution in [1.29, 1.82) is 0 Å². The standard InChI is InChI=1S/C15H15N3O3/c1-11-10-13(18(20)21)6-7-14(11)16-15(19)12(2)17-8-4-3-5-9-17/h3-10,12H,1-2H3/p+1/t12-/m0/s1. The highest BCUT2D eigenvalue weighted by molar-refractivity contribution is 5.93. The zero-order chi connectivity index (χ0) is 15.4. The highest BCUT2D eigenvalue weighted by Crippen LogP contribution is 2.21. The van der Waals surface area contributed by atoms with Crippen molar-refractivity contribution in [3.63, 3.8) is 0 Å². The number of nitro groups is 1. The van der Waals surface area contributed by atoms with E-state index in [1.807, 2.05) is 30.6 Å². The number of aromatic nitrogens is 1. The molecular weight excluding hydrogens is 270 g/mol. The summed E-state index contributed by atoms with van der Waals surface area (Å²) in [7, 11) is 0. The summed E-state index contributed by atoms with van der Waals surface area (Å²) >= 11 is 0.